The lowest BCUT2D eigenvalue weighted by Crippen LogP contribution is -2.38. The quantitative estimate of drug-likeness (QED) is 0.842. The third kappa shape index (κ3) is 4.16. The molecule has 24 heavy (non-hydrogen) atoms. The van der Waals surface area contributed by atoms with E-state index in [1.54, 1.807) is 13.0 Å². The SMILES string of the molecule is CC(OC(=O)c1ccc2c(c1)CCC2)C(=O)NCC1CCCCC1. The fraction of sp³-hybridized carbons (Fsp3) is 0.600. The van der Waals surface area contributed by atoms with Crippen molar-refractivity contribution in [2.24, 2.45) is 5.92 Å². The zero-order valence-corrected chi connectivity index (χ0v) is 14.5. The Bertz CT molecular complexity index is 605. The molecule has 2 aliphatic carbocycles. The van der Waals surface area contributed by atoms with Crippen LogP contribution in [-0.2, 0) is 22.4 Å². The van der Waals surface area contributed by atoms with Gasteiger partial charge in [-0.2, -0.15) is 0 Å². The molecule has 0 heterocycles. The molecule has 4 nitrogen and oxygen atoms in total. The lowest BCUT2D eigenvalue weighted by atomic mass is 9.89. The topological polar surface area (TPSA) is 55.4 Å². The zero-order chi connectivity index (χ0) is 16.9. The monoisotopic (exact) mass is 329 g/mol. The molecule has 1 atom stereocenters. The summed E-state index contributed by atoms with van der Waals surface area (Å²) in [5.41, 5.74) is 3.10. The highest BCUT2D eigenvalue weighted by Crippen LogP contribution is 2.24. The van der Waals surface area contributed by atoms with Crippen molar-refractivity contribution in [1.82, 2.24) is 5.32 Å². The van der Waals surface area contributed by atoms with E-state index in [9.17, 15) is 9.59 Å². The molecule has 0 aliphatic heterocycles. The fourth-order valence-electron chi connectivity index (χ4n) is 3.76. The summed E-state index contributed by atoms with van der Waals surface area (Å²) in [6.45, 7) is 2.33. The lowest BCUT2D eigenvalue weighted by molar-refractivity contribution is -0.129. The van der Waals surface area contributed by atoms with Gasteiger partial charge in [-0.15, -0.1) is 0 Å². The van der Waals surface area contributed by atoms with Gasteiger partial charge in [-0.05, 0) is 68.2 Å². The van der Waals surface area contributed by atoms with E-state index >= 15 is 0 Å². The van der Waals surface area contributed by atoms with E-state index in [1.165, 1.54) is 43.2 Å². The summed E-state index contributed by atoms with van der Waals surface area (Å²) in [7, 11) is 0. The number of hydrogen-bond acceptors (Lipinski definition) is 3. The number of fused-ring (bicyclic) bond motifs is 1. The number of hydrogen-bond donors (Lipinski definition) is 1. The van der Waals surface area contributed by atoms with Crippen LogP contribution in [0.3, 0.4) is 0 Å². The number of aryl methyl sites for hydroxylation is 2. The maximum Gasteiger partial charge on any atom is 0.338 e. The second kappa shape index (κ2) is 7.82. The Balaban J connectivity index is 1.49. The van der Waals surface area contributed by atoms with Crippen LogP contribution in [0, 0.1) is 5.92 Å². The molecule has 1 amide bonds. The minimum absolute atomic E-state index is 0.199. The molecule has 0 spiro atoms. The molecule has 1 aromatic carbocycles. The van der Waals surface area contributed by atoms with Crippen LogP contribution >= 0.6 is 0 Å². The second-order valence-corrected chi connectivity index (χ2v) is 7.13. The number of carbonyl (C=O) groups is 2. The van der Waals surface area contributed by atoms with Crippen molar-refractivity contribution < 1.29 is 14.3 Å². The third-order valence-corrected chi connectivity index (χ3v) is 5.28. The predicted octanol–water partition coefficient (Wildman–Crippen LogP) is 3.42. The van der Waals surface area contributed by atoms with Gasteiger partial charge in [0.2, 0.25) is 0 Å². The molecule has 1 unspecified atom stereocenters. The summed E-state index contributed by atoms with van der Waals surface area (Å²) < 4.78 is 5.35. The highest BCUT2D eigenvalue weighted by atomic mass is 16.5. The van der Waals surface area contributed by atoms with E-state index in [1.807, 2.05) is 12.1 Å². The molecule has 130 valence electrons. The molecular weight excluding hydrogens is 302 g/mol. The van der Waals surface area contributed by atoms with Crippen LogP contribution in [0.2, 0.25) is 0 Å². The molecular formula is C20H27NO3. The van der Waals surface area contributed by atoms with Crippen LogP contribution in [0.4, 0.5) is 0 Å². The molecule has 2 aliphatic rings. The Morgan fingerprint density at radius 2 is 1.88 bits per heavy atom. The highest BCUT2D eigenvalue weighted by Gasteiger charge is 2.22. The van der Waals surface area contributed by atoms with Crippen molar-refractivity contribution >= 4 is 11.9 Å². The van der Waals surface area contributed by atoms with Gasteiger partial charge in [-0.25, -0.2) is 4.79 Å². The lowest BCUT2D eigenvalue weighted by Gasteiger charge is -2.22. The van der Waals surface area contributed by atoms with E-state index in [-0.39, 0.29) is 5.91 Å². The molecule has 1 saturated carbocycles. The smallest absolute Gasteiger partial charge is 0.338 e. The van der Waals surface area contributed by atoms with Crippen molar-refractivity contribution in [3.63, 3.8) is 0 Å². The van der Waals surface area contributed by atoms with Crippen molar-refractivity contribution in [3.05, 3.63) is 34.9 Å². The largest absolute Gasteiger partial charge is 0.449 e. The van der Waals surface area contributed by atoms with Crippen LogP contribution in [0.1, 0.15) is 66.9 Å². The summed E-state index contributed by atoms with van der Waals surface area (Å²) in [6.07, 6.45) is 8.68. The number of benzene rings is 1. The maximum absolute atomic E-state index is 12.3. The first-order valence-corrected chi connectivity index (χ1v) is 9.24. The zero-order valence-electron chi connectivity index (χ0n) is 14.5. The Labute approximate surface area is 144 Å². The van der Waals surface area contributed by atoms with Crippen molar-refractivity contribution in [2.75, 3.05) is 6.54 Å². The van der Waals surface area contributed by atoms with Crippen molar-refractivity contribution in [2.45, 2.75) is 64.4 Å². The number of amides is 1. The van der Waals surface area contributed by atoms with Crippen LogP contribution < -0.4 is 5.32 Å². The molecule has 0 aromatic heterocycles. The Kier molecular flexibility index (Phi) is 5.54. The number of rotatable bonds is 5. The first-order valence-electron chi connectivity index (χ1n) is 9.24. The number of carbonyl (C=O) groups excluding carboxylic acids is 2. The van der Waals surface area contributed by atoms with Gasteiger partial charge in [0.15, 0.2) is 6.10 Å². The van der Waals surface area contributed by atoms with Gasteiger partial charge in [-0.1, -0.05) is 25.3 Å². The number of nitrogens with one attached hydrogen (secondary N) is 1. The fourth-order valence-corrected chi connectivity index (χ4v) is 3.76. The van der Waals surface area contributed by atoms with Crippen LogP contribution in [0.5, 0.6) is 0 Å². The van der Waals surface area contributed by atoms with E-state index in [2.05, 4.69) is 5.32 Å². The summed E-state index contributed by atoms with van der Waals surface area (Å²) in [5, 5.41) is 2.93. The summed E-state index contributed by atoms with van der Waals surface area (Å²) in [4.78, 5) is 24.4. The normalized spacial score (nSPS) is 18.7. The maximum atomic E-state index is 12.3. The second-order valence-electron chi connectivity index (χ2n) is 7.13. The van der Waals surface area contributed by atoms with E-state index < -0.39 is 12.1 Å². The summed E-state index contributed by atoms with van der Waals surface area (Å²) >= 11 is 0. The first-order chi connectivity index (χ1) is 11.6. The van der Waals surface area contributed by atoms with E-state index in [4.69, 9.17) is 4.74 Å². The van der Waals surface area contributed by atoms with Gasteiger partial charge >= 0.3 is 5.97 Å². The summed E-state index contributed by atoms with van der Waals surface area (Å²) in [5.74, 6) is -0.0394. The Hall–Kier alpha value is -1.84. The van der Waals surface area contributed by atoms with Gasteiger partial charge < -0.3 is 10.1 Å². The number of ether oxygens (including phenoxy) is 1. The molecule has 3 rings (SSSR count). The molecule has 0 radical (unpaired) electrons. The minimum Gasteiger partial charge on any atom is -0.449 e. The predicted molar refractivity (Wildman–Crippen MR) is 92.9 cm³/mol. The average molecular weight is 329 g/mol. The Morgan fingerprint density at radius 3 is 2.67 bits per heavy atom. The van der Waals surface area contributed by atoms with Gasteiger partial charge in [0.1, 0.15) is 0 Å². The minimum atomic E-state index is -0.755. The molecule has 1 fully saturated rings. The van der Waals surface area contributed by atoms with E-state index in [0.717, 1.165) is 19.3 Å². The molecule has 1 N–H and O–H groups in total. The highest BCUT2D eigenvalue weighted by molar-refractivity contribution is 5.92. The molecule has 0 saturated heterocycles. The van der Waals surface area contributed by atoms with Gasteiger partial charge in [0.05, 0.1) is 5.56 Å². The van der Waals surface area contributed by atoms with E-state index in [0.29, 0.717) is 18.0 Å². The standard InChI is InChI=1S/C20H27NO3/c1-14(19(22)21-13-15-6-3-2-4-7-15)24-20(23)18-11-10-16-8-5-9-17(16)12-18/h10-12,14-15H,2-9,13H2,1H3,(H,21,22). The summed E-state index contributed by atoms with van der Waals surface area (Å²) in [6, 6.07) is 5.73. The molecule has 1 aromatic rings. The number of esters is 1. The van der Waals surface area contributed by atoms with Gasteiger partial charge in [-0.3, -0.25) is 4.79 Å². The third-order valence-electron chi connectivity index (χ3n) is 5.28. The van der Waals surface area contributed by atoms with Gasteiger partial charge in [0.25, 0.3) is 5.91 Å². The van der Waals surface area contributed by atoms with Crippen LogP contribution in [0.25, 0.3) is 0 Å². The molecule has 4 heteroatoms. The molecule has 0 bridgehead atoms. The van der Waals surface area contributed by atoms with Crippen LogP contribution in [-0.4, -0.2) is 24.5 Å². The van der Waals surface area contributed by atoms with Crippen LogP contribution in [0.15, 0.2) is 18.2 Å². The van der Waals surface area contributed by atoms with Gasteiger partial charge in [0, 0.05) is 6.54 Å². The first kappa shape index (κ1) is 17.0. The Morgan fingerprint density at radius 1 is 1.12 bits per heavy atom. The average Bonchev–Trinajstić information content (AvgIpc) is 3.08. The van der Waals surface area contributed by atoms with Crippen molar-refractivity contribution in [1.29, 1.82) is 0 Å². The van der Waals surface area contributed by atoms with Crippen molar-refractivity contribution in [3.8, 4) is 0 Å².